The lowest BCUT2D eigenvalue weighted by Crippen LogP contribution is -2.15. The minimum Gasteiger partial charge on any atom is -0.493 e. The van der Waals surface area contributed by atoms with Crippen LogP contribution >= 0.6 is 0 Å². The highest BCUT2D eigenvalue weighted by Crippen LogP contribution is 2.33. The van der Waals surface area contributed by atoms with E-state index in [0.717, 1.165) is 23.1 Å². The van der Waals surface area contributed by atoms with Gasteiger partial charge in [-0.15, -0.1) is 0 Å². The van der Waals surface area contributed by atoms with E-state index in [4.69, 9.17) is 9.47 Å². The Kier molecular flexibility index (Phi) is 6.43. The van der Waals surface area contributed by atoms with Crippen molar-refractivity contribution in [1.29, 1.82) is 5.26 Å². The first-order valence-corrected chi connectivity index (χ1v) is 9.07. The van der Waals surface area contributed by atoms with Crippen LogP contribution in [0.4, 0.5) is 0 Å². The molecule has 0 atom stereocenters. The first kappa shape index (κ1) is 19.2. The van der Waals surface area contributed by atoms with Crippen LogP contribution in [0.1, 0.15) is 16.7 Å². The molecule has 0 bridgehead atoms. The highest BCUT2D eigenvalue weighted by atomic mass is 16.5. The topological polar surface area (TPSA) is 54.6 Å². The van der Waals surface area contributed by atoms with Gasteiger partial charge >= 0.3 is 0 Å². The Morgan fingerprint density at radius 3 is 2.50 bits per heavy atom. The van der Waals surface area contributed by atoms with Crippen LogP contribution in [0.3, 0.4) is 0 Å². The zero-order valence-electron chi connectivity index (χ0n) is 16.1. The molecule has 0 aliphatic carbocycles. The number of fused-ring (bicyclic) bond motifs is 1. The monoisotopic (exact) mass is 370 g/mol. The molecule has 4 heteroatoms. The summed E-state index contributed by atoms with van der Waals surface area (Å²) in [6.07, 6.45) is 10.3. The van der Waals surface area contributed by atoms with E-state index in [1.54, 1.807) is 20.3 Å². The molecule has 0 fully saturated rings. The Hall–Kier alpha value is -3.58. The van der Waals surface area contributed by atoms with Crippen LogP contribution < -0.4 is 9.47 Å². The van der Waals surface area contributed by atoms with Crippen molar-refractivity contribution in [3.8, 4) is 17.6 Å². The fourth-order valence-corrected chi connectivity index (χ4v) is 3.07. The fraction of sp³-hybridized carbons (Fsp3) is 0.167. The summed E-state index contributed by atoms with van der Waals surface area (Å²) in [5.41, 5.74) is 4.38. The lowest BCUT2D eigenvalue weighted by atomic mass is 9.92. The van der Waals surface area contributed by atoms with Crippen molar-refractivity contribution in [1.82, 2.24) is 0 Å². The summed E-state index contributed by atoms with van der Waals surface area (Å²) < 4.78 is 10.8. The van der Waals surface area contributed by atoms with Crippen LogP contribution in [0.25, 0.3) is 6.08 Å². The molecule has 0 amide bonds. The first-order valence-electron chi connectivity index (χ1n) is 9.07. The Morgan fingerprint density at radius 1 is 1.04 bits per heavy atom. The van der Waals surface area contributed by atoms with Gasteiger partial charge in [0.15, 0.2) is 11.5 Å². The summed E-state index contributed by atoms with van der Waals surface area (Å²) in [5, 5.41) is 9.66. The number of nitrogens with zero attached hydrogens (tertiary/aromatic N) is 2. The number of aliphatic imine (C=N–C) groups is 1. The van der Waals surface area contributed by atoms with Crippen molar-refractivity contribution in [2.45, 2.75) is 6.42 Å². The first-order chi connectivity index (χ1) is 13.8. The smallest absolute Gasteiger partial charge is 0.161 e. The van der Waals surface area contributed by atoms with E-state index in [-0.39, 0.29) is 0 Å². The maximum absolute atomic E-state index is 9.66. The molecule has 2 aromatic rings. The minimum atomic E-state index is 0.525. The van der Waals surface area contributed by atoms with Gasteiger partial charge in [-0.05, 0) is 35.8 Å². The number of methoxy groups -OCH3 is 2. The van der Waals surface area contributed by atoms with Crippen LogP contribution in [0.2, 0.25) is 0 Å². The summed E-state index contributed by atoms with van der Waals surface area (Å²) >= 11 is 0. The molecule has 140 valence electrons. The van der Waals surface area contributed by atoms with Gasteiger partial charge in [0.05, 0.1) is 25.5 Å². The zero-order valence-corrected chi connectivity index (χ0v) is 16.1. The van der Waals surface area contributed by atoms with Crippen molar-refractivity contribution in [2.75, 3.05) is 20.8 Å². The van der Waals surface area contributed by atoms with Crippen LogP contribution in [-0.4, -0.2) is 26.5 Å². The molecule has 3 rings (SSSR count). The van der Waals surface area contributed by atoms with E-state index >= 15 is 0 Å². The molecular weight excluding hydrogens is 348 g/mol. The normalized spacial score (nSPS) is 13.9. The molecule has 1 heterocycles. The molecule has 1 aliphatic rings. The van der Waals surface area contributed by atoms with Crippen LogP contribution in [0, 0.1) is 11.3 Å². The van der Waals surface area contributed by atoms with Gasteiger partial charge in [-0.2, -0.15) is 5.26 Å². The predicted molar refractivity (Wildman–Crippen MR) is 113 cm³/mol. The third kappa shape index (κ3) is 4.39. The molecule has 1 aliphatic heterocycles. The molecule has 0 N–H and O–H groups in total. The van der Waals surface area contributed by atoms with Crippen LogP contribution in [-0.2, 0) is 6.42 Å². The highest BCUT2D eigenvalue weighted by Gasteiger charge is 2.20. The van der Waals surface area contributed by atoms with E-state index < -0.39 is 0 Å². The van der Waals surface area contributed by atoms with Gasteiger partial charge in [0.25, 0.3) is 0 Å². The lowest BCUT2D eigenvalue weighted by molar-refractivity contribution is 0.354. The standard InChI is InChI=1S/C24H22N2O2/c1-27-22-15-19-13-14-26-24(21(19)16-23(22)28-2)20(17-25)12-8-4-7-11-18-9-5-3-6-10-18/h3-12,15-16H,13-14H2,1-2H3/b8-4+,11-7+,20-12+. The summed E-state index contributed by atoms with van der Waals surface area (Å²) in [6, 6.07) is 16.2. The van der Waals surface area contributed by atoms with E-state index in [9.17, 15) is 5.26 Å². The van der Waals surface area contributed by atoms with Gasteiger partial charge in [0.2, 0.25) is 0 Å². The Morgan fingerprint density at radius 2 is 1.79 bits per heavy atom. The quantitative estimate of drug-likeness (QED) is 0.544. The molecule has 0 unspecified atom stereocenters. The summed E-state index contributed by atoms with van der Waals surface area (Å²) in [7, 11) is 3.23. The highest BCUT2D eigenvalue weighted by molar-refractivity contribution is 6.16. The van der Waals surface area contributed by atoms with E-state index in [2.05, 4.69) is 11.1 Å². The number of nitriles is 1. The van der Waals surface area contributed by atoms with Gasteiger partial charge in [-0.1, -0.05) is 54.6 Å². The SMILES string of the molecule is COc1cc2c(cc1OC)C(/C(C#N)=C/C=C/C=C/c1ccccc1)=NCC2. The second kappa shape index (κ2) is 9.38. The average Bonchev–Trinajstić information content (AvgIpc) is 2.75. The Balaban J connectivity index is 1.84. The molecular formula is C24H22N2O2. The Labute approximate surface area is 165 Å². The molecule has 0 radical (unpaired) electrons. The van der Waals surface area contributed by atoms with Crippen molar-refractivity contribution in [3.05, 3.63) is 89.0 Å². The largest absolute Gasteiger partial charge is 0.493 e. The summed E-state index contributed by atoms with van der Waals surface area (Å²) in [4.78, 5) is 4.60. The number of rotatable bonds is 6. The summed E-state index contributed by atoms with van der Waals surface area (Å²) in [6.45, 7) is 0.647. The lowest BCUT2D eigenvalue weighted by Gasteiger charge is -2.19. The predicted octanol–water partition coefficient (Wildman–Crippen LogP) is 4.77. The molecule has 28 heavy (non-hydrogen) atoms. The molecule has 0 spiro atoms. The molecule has 4 nitrogen and oxygen atoms in total. The van der Waals surface area contributed by atoms with E-state index in [1.165, 1.54) is 0 Å². The maximum Gasteiger partial charge on any atom is 0.161 e. The van der Waals surface area contributed by atoms with Gasteiger partial charge in [0.1, 0.15) is 6.07 Å². The van der Waals surface area contributed by atoms with Gasteiger partial charge < -0.3 is 9.47 Å². The number of ether oxygens (including phenoxy) is 2. The molecule has 0 saturated carbocycles. The number of hydrogen-bond donors (Lipinski definition) is 0. The third-order valence-corrected chi connectivity index (χ3v) is 4.46. The maximum atomic E-state index is 9.66. The number of allylic oxidation sites excluding steroid dienone is 5. The van der Waals surface area contributed by atoms with Crippen molar-refractivity contribution >= 4 is 11.8 Å². The fourth-order valence-electron chi connectivity index (χ4n) is 3.07. The van der Waals surface area contributed by atoms with E-state index in [0.29, 0.717) is 29.3 Å². The van der Waals surface area contributed by atoms with Crippen molar-refractivity contribution < 1.29 is 9.47 Å². The second-order valence-electron chi connectivity index (χ2n) is 6.19. The van der Waals surface area contributed by atoms with Gasteiger partial charge in [-0.25, -0.2) is 0 Å². The zero-order chi connectivity index (χ0) is 19.8. The van der Waals surface area contributed by atoms with Crippen molar-refractivity contribution in [3.63, 3.8) is 0 Å². The minimum absolute atomic E-state index is 0.525. The van der Waals surface area contributed by atoms with Crippen LogP contribution in [0.15, 0.2) is 77.3 Å². The van der Waals surface area contributed by atoms with Gasteiger partial charge in [-0.3, -0.25) is 4.99 Å². The average molecular weight is 370 g/mol. The van der Waals surface area contributed by atoms with Gasteiger partial charge in [0, 0.05) is 12.1 Å². The van der Waals surface area contributed by atoms with E-state index in [1.807, 2.05) is 66.8 Å². The molecule has 0 saturated heterocycles. The number of benzene rings is 2. The second-order valence-corrected chi connectivity index (χ2v) is 6.19. The number of hydrogen-bond acceptors (Lipinski definition) is 4. The molecule has 0 aromatic heterocycles. The van der Waals surface area contributed by atoms with Crippen molar-refractivity contribution in [2.24, 2.45) is 4.99 Å². The third-order valence-electron chi connectivity index (χ3n) is 4.46. The summed E-state index contributed by atoms with van der Waals surface area (Å²) in [5.74, 6) is 1.32. The Bertz CT molecular complexity index is 993. The van der Waals surface area contributed by atoms with Crippen LogP contribution in [0.5, 0.6) is 11.5 Å². The molecule has 2 aromatic carbocycles.